The number of hydrogen-bond donors (Lipinski definition) is 1. The molecule has 0 spiro atoms. The van der Waals surface area contributed by atoms with Gasteiger partial charge in [0, 0.05) is 25.1 Å². The molecule has 0 aliphatic heterocycles. The summed E-state index contributed by atoms with van der Waals surface area (Å²) in [6.45, 7) is 2.58. The van der Waals surface area contributed by atoms with Gasteiger partial charge in [-0.2, -0.15) is 0 Å². The predicted octanol–water partition coefficient (Wildman–Crippen LogP) is 1.10. The summed E-state index contributed by atoms with van der Waals surface area (Å²) in [4.78, 5) is 4.19. The average molecular weight is 161 g/mol. The largest absolute Gasteiger partial charge is 0.326 e. The summed E-state index contributed by atoms with van der Waals surface area (Å²) in [5.74, 6) is 0. The molecule has 2 heterocycles. The molecule has 0 saturated heterocycles. The normalized spacial score (nSPS) is 10.8. The number of aromatic nitrogens is 2. The molecule has 0 amide bonds. The van der Waals surface area contributed by atoms with Gasteiger partial charge in [0.15, 0.2) is 0 Å². The van der Waals surface area contributed by atoms with Crippen molar-refractivity contribution in [1.82, 2.24) is 9.38 Å². The monoisotopic (exact) mass is 161 g/mol. The van der Waals surface area contributed by atoms with Crippen molar-refractivity contribution in [3.8, 4) is 0 Å². The van der Waals surface area contributed by atoms with Crippen LogP contribution in [0.15, 0.2) is 24.7 Å². The summed E-state index contributed by atoms with van der Waals surface area (Å²) in [5.41, 5.74) is 8.85. The number of nitrogens with two attached hydrogens (primary N) is 1. The first kappa shape index (κ1) is 7.31. The zero-order valence-electron chi connectivity index (χ0n) is 6.99. The van der Waals surface area contributed by atoms with Crippen molar-refractivity contribution in [2.24, 2.45) is 5.73 Å². The minimum atomic E-state index is 0.584. The Bertz CT molecular complexity index is 403. The second-order valence-electron chi connectivity index (χ2n) is 2.86. The molecule has 0 aliphatic carbocycles. The van der Waals surface area contributed by atoms with E-state index in [0.717, 1.165) is 16.8 Å². The lowest BCUT2D eigenvalue weighted by atomic mass is 10.3. The van der Waals surface area contributed by atoms with Crippen LogP contribution < -0.4 is 5.73 Å². The van der Waals surface area contributed by atoms with Crippen LogP contribution in [0.4, 0.5) is 0 Å². The van der Waals surface area contributed by atoms with Crippen LogP contribution in [-0.4, -0.2) is 9.38 Å². The lowest BCUT2D eigenvalue weighted by Crippen LogP contribution is -1.92. The van der Waals surface area contributed by atoms with E-state index in [4.69, 9.17) is 5.73 Å². The molecule has 0 fully saturated rings. The van der Waals surface area contributed by atoms with E-state index in [1.807, 2.05) is 23.7 Å². The fraction of sp³-hybridized carbons (Fsp3) is 0.222. The summed E-state index contributed by atoms with van der Waals surface area (Å²) in [6, 6.07) is 2.07. The third-order valence-electron chi connectivity index (χ3n) is 2.01. The maximum atomic E-state index is 5.53. The Balaban J connectivity index is 2.74. The molecule has 0 saturated carbocycles. The van der Waals surface area contributed by atoms with Crippen LogP contribution in [0, 0.1) is 6.92 Å². The Kier molecular flexibility index (Phi) is 1.59. The van der Waals surface area contributed by atoms with Gasteiger partial charge in [-0.25, -0.2) is 0 Å². The number of fused-ring (bicyclic) bond motifs is 1. The zero-order valence-corrected chi connectivity index (χ0v) is 6.99. The quantitative estimate of drug-likeness (QED) is 0.680. The Hall–Kier alpha value is -1.35. The molecule has 0 unspecified atom stereocenters. The highest BCUT2D eigenvalue weighted by molar-refractivity contribution is 5.53. The SMILES string of the molecule is Cc1nccn2cc(CN)cc12. The van der Waals surface area contributed by atoms with E-state index < -0.39 is 0 Å². The first-order valence-corrected chi connectivity index (χ1v) is 3.93. The van der Waals surface area contributed by atoms with E-state index in [9.17, 15) is 0 Å². The van der Waals surface area contributed by atoms with E-state index in [0.29, 0.717) is 6.54 Å². The first-order valence-electron chi connectivity index (χ1n) is 3.93. The highest BCUT2D eigenvalue weighted by Crippen LogP contribution is 2.11. The van der Waals surface area contributed by atoms with Gasteiger partial charge in [0.2, 0.25) is 0 Å². The standard InChI is InChI=1S/C9H11N3/c1-7-9-4-8(5-10)6-12(9)3-2-11-7/h2-4,6H,5,10H2,1H3. The van der Waals surface area contributed by atoms with Crippen molar-refractivity contribution < 1.29 is 0 Å². The van der Waals surface area contributed by atoms with Crippen LogP contribution >= 0.6 is 0 Å². The molecule has 0 aliphatic rings. The summed E-state index contributed by atoms with van der Waals surface area (Å²) in [5, 5.41) is 0. The molecule has 0 aromatic carbocycles. The Labute approximate surface area is 70.8 Å². The second kappa shape index (κ2) is 2.60. The van der Waals surface area contributed by atoms with Crippen LogP contribution in [0.1, 0.15) is 11.3 Å². The molecule has 3 heteroatoms. The highest BCUT2D eigenvalue weighted by Gasteiger charge is 1.99. The molecule has 0 bridgehead atoms. The van der Waals surface area contributed by atoms with Gasteiger partial charge in [-0.1, -0.05) is 0 Å². The van der Waals surface area contributed by atoms with E-state index in [1.54, 1.807) is 6.20 Å². The van der Waals surface area contributed by atoms with E-state index in [-0.39, 0.29) is 0 Å². The Morgan fingerprint density at radius 1 is 1.58 bits per heavy atom. The van der Waals surface area contributed by atoms with E-state index >= 15 is 0 Å². The fourth-order valence-electron chi connectivity index (χ4n) is 1.34. The van der Waals surface area contributed by atoms with Crippen molar-refractivity contribution >= 4 is 5.52 Å². The molecule has 0 radical (unpaired) electrons. The van der Waals surface area contributed by atoms with Gasteiger partial charge >= 0.3 is 0 Å². The van der Waals surface area contributed by atoms with Crippen molar-refractivity contribution in [3.63, 3.8) is 0 Å². The third-order valence-corrected chi connectivity index (χ3v) is 2.01. The zero-order chi connectivity index (χ0) is 8.55. The highest BCUT2D eigenvalue weighted by atomic mass is 14.9. The lowest BCUT2D eigenvalue weighted by molar-refractivity contribution is 1.05. The molecule has 2 aromatic heterocycles. The Morgan fingerprint density at radius 2 is 2.42 bits per heavy atom. The van der Waals surface area contributed by atoms with Gasteiger partial charge in [0.1, 0.15) is 0 Å². The van der Waals surface area contributed by atoms with Crippen LogP contribution in [0.25, 0.3) is 5.52 Å². The molecule has 0 atom stereocenters. The van der Waals surface area contributed by atoms with E-state index in [2.05, 4.69) is 11.1 Å². The molecule has 62 valence electrons. The van der Waals surface area contributed by atoms with Crippen LogP contribution in [0.3, 0.4) is 0 Å². The number of aryl methyl sites for hydroxylation is 1. The maximum Gasteiger partial charge on any atom is 0.0667 e. The molecule has 2 aromatic rings. The smallest absolute Gasteiger partial charge is 0.0667 e. The van der Waals surface area contributed by atoms with Gasteiger partial charge in [0.25, 0.3) is 0 Å². The fourth-order valence-corrected chi connectivity index (χ4v) is 1.34. The van der Waals surface area contributed by atoms with Gasteiger partial charge in [-0.15, -0.1) is 0 Å². The van der Waals surface area contributed by atoms with Crippen molar-refractivity contribution in [1.29, 1.82) is 0 Å². The summed E-state index contributed by atoms with van der Waals surface area (Å²) in [7, 11) is 0. The van der Waals surface area contributed by atoms with Gasteiger partial charge in [-0.05, 0) is 18.6 Å². The third kappa shape index (κ3) is 0.987. The number of rotatable bonds is 1. The molecule has 2 rings (SSSR count). The topological polar surface area (TPSA) is 43.3 Å². The van der Waals surface area contributed by atoms with Crippen molar-refractivity contribution in [2.45, 2.75) is 13.5 Å². The molecule has 12 heavy (non-hydrogen) atoms. The summed E-state index contributed by atoms with van der Waals surface area (Å²) in [6.07, 6.45) is 5.76. The Morgan fingerprint density at radius 3 is 3.08 bits per heavy atom. The molecular weight excluding hydrogens is 150 g/mol. The van der Waals surface area contributed by atoms with Gasteiger partial charge in [0.05, 0.1) is 11.2 Å². The average Bonchev–Trinajstić information content (AvgIpc) is 2.49. The summed E-state index contributed by atoms with van der Waals surface area (Å²) >= 11 is 0. The molecule has 3 nitrogen and oxygen atoms in total. The number of hydrogen-bond acceptors (Lipinski definition) is 2. The predicted molar refractivity (Wildman–Crippen MR) is 47.8 cm³/mol. The summed E-state index contributed by atoms with van der Waals surface area (Å²) < 4.78 is 2.05. The lowest BCUT2D eigenvalue weighted by Gasteiger charge is -1.94. The van der Waals surface area contributed by atoms with Crippen LogP contribution in [0.5, 0.6) is 0 Å². The van der Waals surface area contributed by atoms with Gasteiger partial charge in [-0.3, -0.25) is 4.98 Å². The van der Waals surface area contributed by atoms with Crippen LogP contribution in [0.2, 0.25) is 0 Å². The second-order valence-corrected chi connectivity index (χ2v) is 2.86. The minimum absolute atomic E-state index is 0.584. The van der Waals surface area contributed by atoms with Crippen molar-refractivity contribution in [2.75, 3.05) is 0 Å². The minimum Gasteiger partial charge on any atom is -0.326 e. The number of nitrogens with zero attached hydrogens (tertiary/aromatic N) is 2. The van der Waals surface area contributed by atoms with Gasteiger partial charge < -0.3 is 10.1 Å². The maximum absolute atomic E-state index is 5.53. The first-order chi connectivity index (χ1) is 5.81. The van der Waals surface area contributed by atoms with Crippen LogP contribution in [-0.2, 0) is 6.54 Å². The van der Waals surface area contributed by atoms with E-state index in [1.165, 1.54) is 0 Å². The van der Waals surface area contributed by atoms with Crippen molar-refractivity contribution in [3.05, 3.63) is 35.9 Å². The molecule has 2 N–H and O–H groups in total. The molecular formula is C9H11N3.